The summed E-state index contributed by atoms with van der Waals surface area (Å²) in [4.78, 5) is 0. The molecule has 1 rings (SSSR count). The molecule has 0 aliphatic rings. The second-order valence-electron chi connectivity index (χ2n) is 2.08. The van der Waals surface area contributed by atoms with E-state index in [1.165, 1.54) is 5.19 Å². The molecule has 2 heteroatoms. The summed E-state index contributed by atoms with van der Waals surface area (Å²) in [6, 6.07) is 2.20. The minimum atomic E-state index is -0.716. The fourth-order valence-corrected chi connectivity index (χ4v) is 3.13. The molecule has 0 aliphatic carbocycles. The van der Waals surface area contributed by atoms with Gasteiger partial charge in [0.1, 0.15) is 0 Å². The zero-order chi connectivity index (χ0) is 6.69. The van der Waals surface area contributed by atoms with Crippen LogP contribution in [0.1, 0.15) is 0 Å². The van der Waals surface area contributed by atoms with Crippen molar-refractivity contribution in [3.63, 3.8) is 0 Å². The summed E-state index contributed by atoms with van der Waals surface area (Å²) in [5, 5.41) is 5.86. The van der Waals surface area contributed by atoms with Crippen LogP contribution in [0.15, 0.2) is 29.1 Å². The Kier molecular flexibility index (Phi) is 2.25. The quantitative estimate of drug-likeness (QED) is 0.567. The van der Waals surface area contributed by atoms with Crippen LogP contribution in [0.5, 0.6) is 0 Å². The summed E-state index contributed by atoms with van der Waals surface area (Å²) in [7, 11) is -0.716. The van der Waals surface area contributed by atoms with Gasteiger partial charge in [0.15, 0.2) is 0 Å². The van der Waals surface area contributed by atoms with Gasteiger partial charge in [-0.3, -0.25) is 0 Å². The second kappa shape index (κ2) is 2.99. The van der Waals surface area contributed by atoms with Gasteiger partial charge in [-0.2, -0.15) is 11.3 Å². The molecule has 0 saturated carbocycles. The van der Waals surface area contributed by atoms with Gasteiger partial charge in [-0.15, -0.1) is 12.3 Å². The van der Waals surface area contributed by atoms with E-state index in [-0.39, 0.29) is 0 Å². The lowest BCUT2D eigenvalue weighted by molar-refractivity contribution is 2.02. The Labute approximate surface area is 61.5 Å². The van der Waals surface area contributed by atoms with E-state index in [0.717, 1.165) is 0 Å². The van der Waals surface area contributed by atoms with Crippen molar-refractivity contribution in [2.24, 2.45) is 0 Å². The molecular weight excluding hydrogens is 144 g/mol. The summed E-state index contributed by atoms with van der Waals surface area (Å²) < 4.78 is 0. The molecule has 0 N–H and O–H groups in total. The van der Waals surface area contributed by atoms with Crippen molar-refractivity contribution >= 4 is 25.3 Å². The van der Waals surface area contributed by atoms with Gasteiger partial charge in [0, 0.05) is 0 Å². The van der Waals surface area contributed by atoms with E-state index in [1.54, 1.807) is 11.3 Å². The average molecular weight is 154 g/mol. The topological polar surface area (TPSA) is 0 Å². The van der Waals surface area contributed by atoms with Gasteiger partial charge in [0.25, 0.3) is 0 Å². The molecule has 0 amide bonds. The summed E-state index contributed by atoms with van der Waals surface area (Å²) in [6.07, 6.45) is 0. The summed E-state index contributed by atoms with van der Waals surface area (Å²) in [5.74, 6) is 0. The highest BCUT2D eigenvalue weighted by molar-refractivity contribution is 7.09. The highest BCUT2D eigenvalue weighted by atomic mass is 32.1. The lowest BCUT2D eigenvalue weighted by Crippen LogP contribution is -2.21. The maximum absolute atomic E-state index is 3.78. The Morgan fingerprint density at radius 3 is 3.00 bits per heavy atom. The van der Waals surface area contributed by atoms with Crippen LogP contribution in [-0.4, -0.2) is 8.80 Å². The van der Waals surface area contributed by atoms with Crippen molar-refractivity contribution in [1.82, 2.24) is 0 Å². The first-order valence-corrected chi connectivity index (χ1v) is 6.33. The first-order chi connectivity index (χ1) is 4.34. The van der Waals surface area contributed by atoms with Crippen LogP contribution in [-0.2, 0) is 0 Å². The maximum Gasteiger partial charge on any atom is 0.0914 e. The molecule has 0 spiro atoms. The number of thiophene rings is 1. The smallest absolute Gasteiger partial charge is 0.0914 e. The molecule has 0 nitrogen and oxygen atoms in total. The first kappa shape index (κ1) is 6.77. The van der Waals surface area contributed by atoms with Gasteiger partial charge in [0.05, 0.1) is 8.80 Å². The summed E-state index contributed by atoms with van der Waals surface area (Å²) >= 11 is 1.77. The van der Waals surface area contributed by atoms with E-state index in [2.05, 4.69) is 35.7 Å². The third-order valence-electron chi connectivity index (χ3n) is 1.42. The van der Waals surface area contributed by atoms with Gasteiger partial charge in [-0.1, -0.05) is 12.6 Å². The Hall–Kier alpha value is -0.343. The fourth-order valence-electron chi connectivity index (χ4n) is 0.670. The van der Waals surface area contributed by atoms with E-state index in [1.807, 2.05) is 0 Å². The molecule has 1 aromatic heterocycles. The van der Waals surface area contributed by atoms with Crippen molar-refractivity contribution in [3.8, 4) is 0 Å². The van der Waals surface area contributed by atoms with Gasteiger partial charge >= 0.3 is 0 Å². The third-order valence-corrected chi connectivity index (χ3v) is 4.48. The van der Waals surface area contributed by atoms with E-state index in [4.69, 9.17) is 0 Å². The minimum Gasteiger partial charge on any atom is -0.153 e. The second-order valence-corrected chi connectivity index (χ2v) is 5.58. The lowest BCUT2D eigenvalue weighted by atomic mass is 10.7. The average Bonchev–Trinajstić information content (AvgIpc) is 2.37. The van der Waals surface area contributed by atoms with Crippen molar-refractivity contribution in [2.45, 2.75) is 6.55 Å². The predicted octanol–water partition coefficient (Wildman–Crippen LogP) is 1.54. The van der Waals surface area contributed by atoms with E-state index in [0.29, 0.717) is 0 Å². The van der Waals surface area contributed by atoms with Crippen LogP contribution in [0.4, 0.5) is 0 Å². The molecule has 1 atom stereocenters. The highest BCUT2D eigenvalue weighted by Gasteiger charge is 2.00. The van der Waals surface area contributed by atoms with Crippen LogP contribution in [0.2, 0.25) is 6.55 Å². The summed E-state index contributed by atoms with van der Waals surface area (Å²) in [6.45, 7) is 6.07. The van der Waals surface area contributed by atoms with E-state index in [9.17, 15) is 0 Å². The van der Waals surface area contributed by atoms with Crippen LogP contribution in [0, 0.1) is 0 Å². The lowest BCUT2D eigenvalue weighted by Gasteiger charge is -1.96. The van der Waals surface area contributed by atoms with Crippen LogP contribution in [0.25, 0.3) is 0 Å². The van der Waals surface area contributed by atoms with Crippen molar-refractivity contribution in [1.29, 1.82) is 0 Å². The molecule has 1 unspecified atom stereocenters. The molecule has 0 radical (unpaired) electrons. The SMILES string of the molecule is C=C[SiH](C)c1ccsc1. The Bertz CT molecular complexity index is 179. The van der Waals surface area contributed by atoms with Gasteiger partial charge < -0.3 is 0 Å². The largest absolute Gasteiger partial charge is 0.153 e. The molecule has 1 heterocycles. The minimum absolute atomic E-state index is 0.716. The fraction of sp³-hybridized carbons (Fsp3) is 0.143. The Balaban J connectivity index is 2.76. The predicted molar refractivity (Wildman–Crippen MR) is 47.2 cm³/mol. The normalized spacial score (nSPS) is 13.0. The van der Waals surface area contributed by atoms with Crippen molar-refractivity contribution in [3.05, 3.63) is 29.1 Å². The number of hydrogen-bond donors (Lipinski definition) is 0. The molecule has 1 aromatic rings. The van der Waals surface area contributed by atoms with Crippen LogP contribution < -0.4 is 5.19 Å². The molecular formula is C7H10SSi. The highest BCUT2D eigenvalue weighted by Crippen LogP contribution is 1.95. The molecule has 48 valence electrons. The van der Waals surface area contributed by atoms with Gasteiger partial charge in [-0.05, 0) is 15.9 Å². The van der Waals surface area contributed by atoms with Gasteiger partial charge in [0.2, 0.25) is 0 Å². The zero-order valence-corrected chi connectivity index (χ0v) is 7.47. The van der Waals surface area contributed by atoms with Crippen LogP contribution in [0.3, 0.4) is 0 Å². The third kappa shape index (κ3) is 1.53. The Morgan fingerprint density at radius 2 is 2.56 bits per heavy atom. The molecule has 0 bridgehead atoms. The monoisotopic (exact) mass is 154 g/mol. The van der Waals surface area contributed by atoms with E-state index < -0.39 is 8.80 Å². The molecule has 0 saturated heterocycles. The number of hydrogen-bond acceptors (Lipinski definition) is 1. The molecule has 0 aromatic carbocycles. The number of rotatable bonds is 2. The van der Waals surface area contributed by atoms with Crippen molar-refractivity contribution in [2.75, 3.05) is 0 Å². The molecule has 9 heavy (non-hydrogen) atoms. The van der Waals surface area contributed by atoms with Crippen LogP contribution >= 0.6 is 11.3 Å². The molecule has 0 aliphatic heterocycles. The Morgan fingerprint density at radius 1 is 1.78 bits per heavy atom. The van der Waals surface area contributed by atoms with E-state index >= 15 is 0 Å². The van der Waals surface area contributed by atoms with Crippen molar-refractivity contribution < 1.29 is 0 Å². The van der Waals surface area contributed by atoms with Gasteiger partial charge in [-0.25, -0.2) is 0 Å². The maximum atomic E-state index is 3.78. The summed E-state index contributed by atoms with van der Waals surface area (Å²) in [5.41, 5.74) is 2.10. The first-order valence-electron chi connectivity index (χ1n) is 2.99. The zero-order valence-electron chi connectivity index (χ0n) is 5.50. The standard InChI is InChI=1S/C7H10SSi/c1-3-9(2)7-4-5-8-6-7/h3-6,9H,1H2,2H3. The molecule has 0 fully saturated rings.